The molecule has 23 heavy (non-hydrogen) atoms. The molecule has 0 bridgehead atoms. The fraction of sp³-hybridized carbons (Fsp3) is 0.611. The zero-order chi connectivity index (χ0) is 17.1. The zero-order valence-electron chi connectivity index (χ0n) is 15.3. The summed E-state index contributed by atoms with van der Waals surface area (Å²) in [6, 6.07) is 8.17. The Labute approximate surface area is 141 Å². The second-order valence-electron chi connectivity index (χ2n) is 5.94. The molecule has 0 aliphatic heterocycles. The van der Waals surface area contributed by atoms with Gasteiger partial charge in [-0.05, 0) is 26.6 Å². The lowest BCUT2D eigenvalue weighted by Gasteiger charge is -2.22. The first-order valence-corrected chi connectivity index (χ1v) is 8.35. The van der Waals surface area contributed by atoms with Crippen molar-refractivity contribution in [3.63, 3.8) is 0 Å². The largest absolute Gasteiger partial charge is 0.492 e. The molecule has 0 spiro atoms. The molecule has 0 heterocycles. The van der Waals surface area contributed by atoms with E-state index < -0.39 is 0 Å². The number of rotatable bonds is 9. The smallest absolute Gasteiger partial charge is 0.193 e. The van der Waals surface area contributed by atoms with E-state index in [0.29, 0.717) is 13.2 Å². The average Bonchev–Trinajstić information content (AvgIpc) is 2.54. The van der Waals surface area contributed by atoms with E-state index in [4.69, 9.17) is 4.74 Å². The van der Waals surface area contributed by atoms with Crippen molar-refractivity contribution in [2.45, 2.75) is 26.3 Å². The molecule has 0 saturated carbocycles. The maximum Gasteiger partial charge on any atom is 0.193 e. The van der Waals surface area contributed by atoms with E-state index in [9.17, 15) is 0 Å². The number of hydrogen-bond acceptors (Lipinski definition) is 3. The van der Waals surface area contributed by atoms with Gasteiger partial charge in [-0.1, -0.05) is 31.5 Å². The third kappa shape index (κ3) is 7.37. The van der Waals surface area contributed by atoms with E-state index in [2.05, 4.69) is 40.1 Å². The minimum absolute atomic E-state index is 0.690. The van der Waals surface area contributed by atoms with E-state index >= 15 is 0 Å². The first-order valence-electron chi connectivity index (χ1n) is 8.35. The van der Waals surface area contributed by atoms with Crippen molar-refractivity contribution < 1.29 is 4.74 Å². The highest BCUT2D eigenvalue weighted by Gasteiger charge is 2.07. The van der Waals surface area contributed by atoms with Crippen molar-refractivity contribution >= 4 is 5.96 Å². The highest BCUT2D eigenvalue weighted by molar-refractivity contribution is 5.79. The van der Waals surface area contributed by atoms with Crippen LogP contribution in [-0.2, 0) is 6.54 Å². The average molecular weight is 320 g/mol. The van der Waals surface area contributed by atoms with Crippen LogP contribution in [0.2, 0.25) is 0 Å². The monoisotopic (exact) mass is 320 g/mol. The number of hydrogen-bond donors (Lipinski definition) is 1. The van der Waals surface area contributed by atoms with Gasteiger partial charge in [-0.15, -0.1) is 0 Å². The number of ether oxygens (including phenoxy) is 1. The molecule has 0 aromatic heterocycles. The summed E-state index contributed by atoms with van der Waals surface area (Å²) in [4.78, 5) is 8.64. The standard InChI is InChI=1S/C18H32N4O/c1-6-7-12-22(5)18(19-2)20-15-16-10-8-9-11-17(16)23-14-13-21(3)4/h8-11H,6-7,12-15H2,1-5H3,(H,19,20). The Morgan fingerprint density at radius 3 is 2.57 bits per heavy atom. The molecular weight excluding hydrogens is 288 g/mol. The van der Waals surface area contributed by atoms with Crippen LogP contribution in [0.4, 0.5) is 0 Å². The van der Waals surface area contributed by atoms with Gasteiger partial charge in [0, 0.05) is 39.3 Å². The van der Waals surface area contributed by atoms with E-state index in [1.807, 2.05) is 39.3 Å². The van der Waals surface area contributed by atoms with E-state index in [-0.39, 0.29) is 0 Å². The molecule has 0 amide bonds. The van der Waals surface area contributed by atoms with Gasteiger partial charge in [0.15, 0.2) is 5.96 Å². The van der Waals surface area contributed by atoms with Crippen molar-refractivity contribution in [1.82, 2.24) is 15.1 Å². The molecule has 1 N–H and O–H groups in total. The SMILES string of the molecule is CCCCN(C)C(=NC)NCc1ccccc1OCCN(C)C. The van der Waals surface area contributed by atoms with E-state index in [0.717, 1.165) is 30.4 Å². The molecule has 130 valence electrons. The van der Waals surface area contributed by atoms with Gasteiger partial charge < -0.3 is 19.9 Å². The summed E-state index contributed by atoms with van der Waals surface area (Å²) in [6.45, 7) is 5.52. The fourth-order valence-electron chi connectivity index (χ4n) is 2.19. The molecule has 0 radical (unpaired) electrons. The number of benzene rings is 1. The van der Waals surface area contributed by atoms with Gasteiger partial charge in [0.25, 0.3) is 0 Å². The third-order valence-corrected chi connectivity index (χ3v) is 3.63. The van der Waals surface area contributed by atoms with Crippen molar-refractivity contribution in [3.05, 3.63) is 29.8 Å². The maximum atomic E-state index is 5.90. The molecule has 1 rings (SSSR count). The van der Waals surface area contributed by atoms with Crippen LogP contribution in [0.3, 0.4) is 0 Å². The summed E-state index contributed by atoms with van der Waals surface area (Å²) in [5.41, 5.74) is 1.15. The highest BCUT2D eigenvalue weighted by Crippen LogP contribution is 2.17. The van der Waals surface area contributed by atoms with Gasteiger partial charge in [-0.25, -0.2) is 0 Å². The van der Waals surface area contributed by atoms with Gasteiger partial charge in [0.05, 0.1) is 0 Å². The van der Waals surface area contributed by atoms with Gasteiger partial charge in [-0.3, -0.25) is 4.99 Å². The lowest BCUT2D eigenvalue weighted by atomic mass is 10.2. The van der Waals surface area contributed by atoms with Gasteiger partial charge in [0.1, 0.15) is 12.4 Å². The van der Waals surface area contributed by atoms with Crippen LogP contribution < -0.4 is 10.1 Å². The molecule has 0 aliphatic rings. The number of unbranched alkanes of at least 4 members (excludes halogenated alkanes) is 1. The van der Waals surface area contributed by atoms with Crippen LogP contribution in [-0.4, -0.2) is 63.6 Å². The predicted molar refractivity (Wildman–Crippen MR) is 98.2 cm³/mol. The Balaban J connectivity index is 2.58. The first kappa shape index (κ1) is 19.3. The molecule has 0 unspecified atom stereocenters. The third-order valence-electron chi connectivity index (χ3n) is 3.63. The molecule has 5 nitrogen and oxygen atoms in total. The summed E-state index contributed by atoms with van der Waals surface area (Å²) in [5, 5.41) is 3.42. The summed E-state index contributed by atoms with van der Waals surface area (Å²) in [6.07, 6.45) is 2.35. The molecule has 0 saturated heterocycles. The van der Waals surface area contributed by atoms with Crippen LogP contribution in [0.25, 0.3) is 0 Å². The van der Waals surface area contributed by atoms with Crippen molar-refractivity contribution in [2.24, 2.45) is 4.99 Å². The fourth-order valence-corrected chi connectivity index (χ4v) is 2.19. The summed E-state index contributed by atoms with van der Waals surface area (Å²) in [7, 11) is 7.99. The van der Waals surface area contributed by atoms with Gasteiger partial charge in [-0.2, -0.15) is 0 Å². The van der Waals surface area contributed by atoms with Crippen molar-refractivity contribution in [2.75, 3.05) is 47.9 Å². The molecule has 0 fully saturated rings. The normalized spacial score (nSPS) is 11.7. The van der Waals surface area contributed by atoms with Crippen LogP contribution in [0.5, 0.6) is 5.75 Å². The van der Waals surface area contributed by atoms with Crippen LogP contribution >= 0.6 is 0 Å². The maximum absolute atomic E-state index is 5.90. The number of nitrogens with zero attached hydrogens (tertiary/aromatic N) is 3. The van der Waals surface area contributed by atoms with Crippen LogP contribution in [0.15, 0.2) is 29.3 Å². The van der Waals surface area contributed by atoms with E-state index in [1.54, 1.807) is 0 Å². The number of nitrogens with one attached hydrogen (secondary N) is 1. The predicted octanol–water partition coefficient (Wildman–Crippen LogP) is 2.43. The number of aliphatic imine (C=N–C) groups is 1. The molecule has 1 aromatic carbocycles. The van der Waals surface area contributed by atoms with Gasteiger partial charge >= 0.3 is 0 Å². The van der Waals surface area contributed by atoms with Crippen molar-refractivity contribution in [3.8, 4) is 5.75 Å². The Bertz CT molecular complexity index is 474. The van der Waals surface area contributed by atoms with Crippen molar-refractivity contribution in [1.29, 1.82) is 0 Å². The molecule has 1 aromatic rings. The van der Waals surface area contributed by atoms with Gasteiger partial charge in [0.2, 0.25) is 0 Å². The first-order chi connectivity index (χ1) is 11.1. The zero-order valence-corrected chi connectivity index (χ0v) is 15.3. The lowest BCUT2D eigenvalue weighted by molar-refractivity contribution is 0.259. The highest BCUT2D eigenvalue weighted by atomic mass is 16.5. The molecule has 0 aliphatic carbocycles. The van der Waals surface area contributed by atoms with E-state index in [1.165, 1.54) is 12.8 Å². The molecule has 0 atom stereocenters. The lowest BCUT2D eigenvalue weighted by Crippen LogP contribution is -2.39. The summed E-state index contributed by atoms with van der Waals surface area (Å²) < 4.78 is 5.90. The van der Waals surface area contributed by atoms with Crippen LogP contribution in [0, 0.1) is 0 Å². The van der Waals surface area contributed by atoms with Crippen LogP contribution in [0.1, 0.15) is 25.3 Å². The number of likely N-dealkylation sites (N-methyl/N-ethyl adjacent to an activating group) is 1. The Hall–Kier alpha value is -1.75. The Morgan fingerprint density at radius 2 is 1.91 bits per heavy atom. The molecule has 5 heteroatoms. The number of guanidine groups is 1. The summed E-state index contributed by atoms with van der Waals surface area (Å²) >= 11 is 0. The quantitative estimate of drug-likeness (QED) is 0.560. The second-order valence-corrected chi connectivity index (χ2v) is 5.94. The summed E-state index contributed by atoms with van der Waals surface area (Å²) in [5.74, 6) is 1.86. The Kier molecular flexibility index (Phi) is 9.14. The Morgan fingerprint density at radius 1 is 1.17 bits per heavy atom. The topological polar surface area (TPSA) is 40.1 Å². The molecular formula is C18H32N4O. The minimum atomic E-state index is 0.690. The second kappa shape index (κ2) is 10.9. The minimum Gasteiger partial charge on any atom is -0.492 e. The number of para-hydroxylation sites is 1.